The van der Waals surface area contributed by atoms with Crippen molar-refractivity contribution in [3.8, 4) is 0 Å². The number of piperidine rings is 1. The molecule has 1 aromatic rings. The Morgan fingerprint density at radius 2 is 1.80 bits per heavy atom. The first-order chi connectivity index (χ1) is 9.75. The second kappa shape index (κ2) is 8.40. The summed E-state index contributed by atoms with van der Waals surface area (Å²) in [6, 6.07) is 10.4. The molecule has 0 bridgehead atoms. The maximum Gasteiger partial charge on any atom is 0.0900 e. The number of aliphatic hydroxyl groups excluding tert-OH is 1. The summed E-state index contributed by atoms with van der Waals surface area (Å²) in [6.45, 7) is 6.26. The number of β-amino-alcohol motifs (C(OH)–C–C–N with tert-alkyl or cyclic N) is 1. The normalized spacial score (nSPS) is 19.7. The highest BCUT2D eigenvalue weighted by molar-refractivity contribution is 5.18. The summed E-state index contributed by atoms with van der Waals surface area (Å²) in [5, 5.41) is 10.0. The van der Waals surface area contributed by atoms with Gasteiger partial charge in [0.25, 0.3) is 0 Å². The Balaban J connectivity index is 1.62. The van der Waals surface area contributed by atoms with Crippen LogP contribution in [0.5, 0.6) is 0 Å². The molecule has 3 nitrogen and oxygen atoms in total. The van der Waals surface area contributed by atoms with Crippen LogP contribution in [0.3, 0.4) is 0 Å². The Kier molecular flexibility index (Phi) is 6.51. The Morgan fingerprint density at radius 1 is 1.10 bits per heavy atom. The van der Waals surface area contributed by atoms with Gasteiger partial charge < -0.3 is 14.7 Å². The van der Waals surface area contributed by atoms with E-state index in [4.69, 9.17) is 4.74 Å². The van der Waals surface area contributed by atoms with Crippen molar-refractivity contribution >= 4 is 0 Å². The minimum atomic E-state index is -0.365. The van der Waals surface area contributed by atoms with Gasteiger partial charge in [-0.1, -0.05) is 43.7 Å². The van der Waals surface area contributed by atoms with Crippen LogP contribution in [-0.4, -0.2) is 49.0 Å². The third-order valence-corrected chi connectivity index (χ3v) is 3.96. The summed E-state index contributed by atoms with van der Waals surface area (Å²) < 4.78 is 5.68. The van der Waals surface area contributed by atoms with Gasteiger partial charge in [0.2, 0.25) is 0 Å². The second-order valence-electron chi connectivity index (χ2n) is 5.86. The highest BCUT2D eigenvalue weighted by Gasteiger charge is 2.15. The molecule has 1 aliphatic heterocycles. The number of nitrogens with zero attached hydrogens (tertiary/aromatic N) is 1. The Hall–Kier alpha value is -0.900. The van der Waals surface area contributed by atoms with E-state index in [0.717, 1.165) is 19.6 Å². The molecule has 0 amide bonds. The van der Waals surface area contributed by atoms with Crippen LogP contribution in [0.2, 0.25) is 0 Å². The Bertz CT molecular complexity index is 363. The van der Waals surface area contributed by atoms with Gasteiger partial charge in [0.15, 0.2) is 0 Å². The van der Waals surface area contributed by atoms with Crippen molar-refractivity contribution < 1.29 is 9.84 Å². The molecule has 112 valence electrons. The van der Waals surface area contributed by atoms with Gasteiger partial charge in [-0.3, -0.25) is 0 Å². The summed E-state index contributed by atoms with van der Waals surface area (Å²) >= 11 is 0. The largest absolute Gasteiger partial charge is 0.389 e. The van der Waals surface area contributed by atoms with Crippen molar-refractivity contribution in [1.82, 2.24) is 4.90 Å². The quantitative estimate of drug-likeness (QED) is 0.831. The first-order valence-corrected chi connectivity index (χ1v) is 7.79. The summed E-state index contributed by atoms with van der Waals surface area (Å²) in [5.41, 5.74) is 1.29. The first-order valence-electron chi connectivity index (χ1n) is 7.79. The standard InChI is InChI=1S/C17H27NO2/c1-15(16-8-4-2-5-9-16)13-20-14-17(19)12-18-10-6-3-7-11-18/h2,4-5,8-9,15,17,19H,3,6-7,10-14H2,1H3. The van der Waals surface area contributed by atoms with Gasteiger partial charge in [0.1, 0.15) is 0 Å². The minimum absolute atomic E-state index is 0.365. The zero-order valence-corrected chi connectivity index (χ0v) is 12.5. The molecule has 20 heavy (non-hydrogen) atoms. The molecule has 0 aromatic heterocycles. The van der Waals surface area contributed by atoms with Crippen LogP contribution in [0.25, 0.3) is 0 Å². The molecule has 1 saturated heterocycles. The molecular formula is C17H27NO2. The lowest BCUT2D eigenvalue weighted by molar-refractivity contribution is 0.0102. The molecular weight excluding hydrogens is 250 g/mol. The van der Waals surface area contributed by atoms with Gasteiger partial charge in [-0.05, 0) is 31.5 Å². The molecule has 0 aliphatic carbocycles. The lowest BCUT2D eigenvalue weighted by Gasteiger charge is -2.28. The van der Waals surface area contributed by atoms with E-state index in [0.29, 0.717) is 19.1 Å². The zero-order valence-electron chi connectivity index (χ0n) is 12.5. The van der Waals surface area contributed by atoms with Crippen molar-refractivity contribution in [2.24, 2.45) is 0 Å². The van der Waals surface area contributed by atoms with Crippen LogP contribution in [-0.2, 0) is 4.74 Å². The topological polar surface area (TPSA) is 32.7 Å². The van der Waals surface area contributed by atoms with Gasteiger partial charge >= 0.3 is 0 Å². The molecule has 2 unspecified atom stereocenters. The van der Waals surface area contributed by atoms with Crippen LogP contribution >= 0.6 is 0 Å². The molecule has 0 saturated carbocycles. The summed E-state index contributed by atoms with van der Waals surface area (Å²) in [4.78, 5) is 2.35. The van der Waals surface area contributed by atoms with Crippen molar-refractivity contribution in [1.29, 1.82) is 0 Å². The first kappa shape index (κ1) is 15.5. The molecule has 0 radical (unpaired) electrons. The lowest BCUT2D eigenvalue weighted by Crippen LogP contribution is -2.38. The summed E-state index contributed by atoms with van der Waals surface area (Å²) in [7, 11) is 0. The van der Waals surface area contributed by atoms with Gasteiger partial charge in [-0.25, -0.2) is 0 Å². The fourth-order valence-corrected chi connectivity index (χ4v) is 2.75. The third kappa shape index (κ3) is 5.23. The van der Waals surface area contributed by atoms with Gasteiger partial charge in [0, 0.05) is 12.5 Å². The molecule has 1 N–H and O–H groups in total. The number of aliphatic hydroxyl groups is 1. The predicted molar refractivity (Wildman–Crippen MR) is 82.0 cm³/mol. The number of benzene rings is 1. The zero-order chi connectivity index (χ0) is 14.2. The van der Waals surface area contributed by atoms with Crippen LogP contribution in [0.1, 0.15) is 37.7 Å². The Morgan fingerprint density at radius 3 is 2.50 bits per heavy atom. The van der Waals surface area contributed by atoms with Gasteiger partial charge in [-0.2, -0.15) is 0 Å². The van der Waals surface area contributed by atoms with Crippen LogP contribution in [0, 0.1) is 0 Å². The lowest BCUT2D eigenvalue weighted by atomic mass is 10.0. The molecule has 2 rings (SSSR count). The summed E-state index contributed by atoms with van der Waals surface area (Å²) in [5.74, 6) is 0.374. The van der Waals surface area contributed by atoms with E-state index in [-0.39, 0.29) is 6.10 Å². The number of ether oxygens (including phenoxy) is 1. The van der Waals surface area contributed by atoms with Crippen LogP contribution < -0.4 is 0 Å². The third-order valence-electron chi connectivity index (χ3n) is 3.96. The van der Waals surface area contributed by atoms with Crippen molar-refractivity contribution in [3.63, 3.8) is 0 Å². The van der Waals surface area contributed by atoms with Crippen molar-refractivity contribution in [2.45, 2.75) is 38.2 Å². The van der Waals surface area contributed by atoms with E-state index in [1.54, 1.807) is 0 Å². The fraction of sp³-hybridized carbons (Fsp3) is 0.647. The molecule has 1 aliphatic rings. The monoisotopic (exact) mass is 277 g/mol. The maximum atomic E-state index is 10.0. The minimum Gasteiger partial charge on any atom is -0.389 e. The highest BCUT2D eigenvalue weighted by atomic mass is 16.5. The van der Waals surface area contributed by atoms with Crippen LogP contribution in [0.15, 0.2) is 30.3 Å². The molecule has 1 heterocycles. The summed E-state index contributed by atoms with van der Waals surface area (Å²) in [6.07, 6.45) is 3.49. The fourth-order valence-electron chi connectivity index (χ4n) is 2.75. The molecule has 3 heteroatoms. The number of rotatable bonds is 7. The molecule has 1 aromatic carbocycles. The Labute approximate surface area is 122 Å². The number of hydrogen-bond acceptors (Lipinski definition) is 3. The average molecular weight is 277 g/mol. The van der Waals surface area contributed by atoms with E-state index in [1.807, 2.05) is 6.07 Å². The molecule has 0 spiro atoms. The molecule has 1 fully saturated rings. The maximum absolute atomic E-state index is 10.0. The SMILES string of the molecule is CC(COCC(O)CN1CCCCC1)c1ccccc1. The second-order valence-corrected chi connectivity index (χ2v) is 5.86. The van der Waals surface area contributed by atoms with Crippen molar-refractivity contribution in [3.05, 3.63) is 35.9 Å². The van der Waals surface area contributed by atoms with E-state index in [1.165, 1.54) is 24.8 Å². The average Bonchev–Trinajstić information content (AvgIpc) is 2.49. The van der Waals surface area contributed by atoms with E-state index in [2.05, 4.69) is 36.1 Å². The number of likely N-dealkylation sites (tertiary alicyclic amines) is 1. The van der Waals surface area contributed by atoms with E-state index in [9.17, 15) is 5.11 Å². The van der Waals surface area contributed by atoms with Gasteiger partial charge in [0.05, 0.1) is 19.3 Å². The van der Waals surface area contributed by atoms with E-state index < -0.39 is 0 Å². The van der Waals surface area contributed by atoms with E-state index >= 15 is 0 Å². The highest BCUT2D eigenvalue weighted by Crippen LogP contribution is 2.15. The number of hydrogen-bond donors (Lipinski definition) is 1. The van der Waals surface area contributed by atoms with Crippen molar-refractivity contribution in [2.75, 3.05) is 32.8 Å². The van der Waals surface area contributed by atoms with Gasteiger partial charge in [-0.15, -0.1) is 0 Å². The predicted octanol–water partition coefficient (Wildman–Crippen LogP) is 2.65. The smallest absolute Gasteiger partial charge is 0.0900 e. The van der Waals surface area contributed by atoms with Crippen LogP contribution in [0.4, 0.5) is 0 Å². The molecule has 2 atom stereocenters.